The maximum Gasteiger partial charge on any atom is 0.129 e. The highest BCUT2D eigenvalue weighted by Crippen LogP contribution is 2.10. The minimum atomic E-state index is -0.137. The molecular formula is C9H8ClNO. The summed E-state index contributed by atoms with van der Waals surface area (Å²) in [4.78, 5) is 3.87. The molecule has 0 aliphatic carbocycles. The predicted molar refractivity (Wildman–Crippen MR) is 47.9 cm³/mol. The van der Waals surface area contributed by atoms with E-state index >= 15 is 0 Å². The maximum atomic E-state index is 8.45. The average molecular weight is 182 g/mol. The first kappa shape index (κ1) is 9.05. The van der Waals surface area contributed by atoms with Crippen LogP contribution in [0.25, 0.3) is 0 Å². The molecule has 1 aromatic heterocycles. The van der Waals surface area contributed by atoms with Gasteiger partial charge in [0.2, 0.25) is 0 Å². The molecule has 0 radical (unpaired) electrons. The van der Waals surface area contributed by atoms with Crippen LogP contribution in [0.4, 0.5) is 0 Å². The standard InChI is InChI=1S/C9H8ClNO/c1-7-5-9(10)11-6-8(7)3-2-4-12/h5-6,12H,4H2,1H3. The van der Waals surface area contributed by atoms with E-state index in [-0.39, 0.29) is 6.61 Å². The summed E-state index contributed by atoms with van der Waals surface area (Å²) < 4.78 is 0. The van der Waals surface area contributed by atoms with Crippen LogP contribution in [-0.4, -0.2) is 16.7 Å². The molecule has 3 heteroatoms. The van der Waals surface area contributed by atoms with Gasteiger partial charge in [0.15, 0.2) is 0 Å². The zero-order valence-corrected chi connectivity index (χ0v) is 7.39. The van der Waals surface area contributed by atoms with Gasteiger partial charge in [0.1, 0.15) is 11.8 Å². The van der Waals surface area contributed by atoms with Crippen LogP contribution >= 0.6 is 11.6 Å². The van der Waals surface area contributed by atoms with Gasteiger partial charge in [-0.25, -0.2) is 4.98 Å². The molecule has 1 aromatic rings. The molecule has 0 saturated carbocycles. The number of hydrogen-bond donors (Lipinski definition) is 1. The molecule has 0 saturated heterocycles. The van der Waals surface area contributed by atoms with Crippen LogP contribution in [0.2, 0.25) is 5.15 Å². The van der Waals surface area contributed by atoms with E-state index in [1.807, 2.05) is 6.92 Å². The second kappa shape index (κ2) is 4.10. The third-order valence-electron chi connectivity index (χ3n) is 1.38. The Bertz CT molecular complexity index is 338. The fourth-order valence-corrected chi connectivity index (χ4v) is 1.000. The van der Waals surface area contributed by atoms with E-state index in [2.05, 4.69) is 16.8 Å². The lowest BCUT2D eigenvalue weighted by atomic mass is 10.2. The predicted octanol–water partition coefficient (Wildman–Crippen LogP) is 1.39. The lowest BCUT2D eigenvalue weighted by Crippen LogP contribution is -1.85. The molecule has 0 atom stereocenters. The molecule has 1 N–H and O–H groups in total. The minimum Gasteiger partial charge on any atom is -0.384 e. The number of hydrogen-bond acceptors (Lipinski definition) is 2. The third-order valence-corrected chi connectivity index (χ3v) is 1.59. The van der Waals surface area contributed by atoms with E-state index in [1.165, 1.54) is 0 Å². The number of pyridine rings is 1. The fourth-order valence-electron chi connectivity index (χ4n) is 0.787. The van der Waals surface area contributed by atoms with Crippen molar-refractivity contribution >= 4 is 11.6 Å². The zero-order valence-electron chi connectivity index (χ0n) is 6.63. The number of halogens is 1. The fraction of sp³-hybridized carbons (Fsp3) is 0.222. The first-order valence-corrected chi connectivity index (χ1v) is 3.83. The Morgan fingerprint density at radius 2 is 2.42 bits per heavy atom. The van der Waals surface area contributed by atoms with Crippen LogP contribution in [-0.2, 0) is 0 Å². The van der Waals surface area contributed by atoms with Crippen LogP contribution in [0.5, 0.6) is 0 Å². The normalized spacial score (nSPS) is 8.92. The second-order valence-corrected chi connectivity index (χ2v) is 2.67. The summed E-state index contributed by atoms with van der Waals surface area (Å²) in [5.74, 6) is 5.32. The van der Waals surface area contributed by atoms with Crippen molar-refractivity contribution in [2.45, 2.75) is 6.92 Å². The summed E-state index contributed by atoms with van der Waals surface area (Å²) in [7, 11) is 0. The summed E-state index contributed by atoms with van der Waals surface area (Å²) in [5.41, 5.74) is 1.77. The lowest BCUT2D eigenvalue weighted by molar-refractivity contribution is 0.350. The van der Waals surface area contributed by atoms with Crippen LogP contribution in [0.1, 0.15) is 11.1 Å². The van der Waals surface area contributed by atoms with E-state index in [4.69, 9.17) is 16.7 Å². The van der Waals surface area contributed by atoms with Gasteiger partial charge in [-0.15, -0.1) is 0 Å². The maximum absolute atomic E-state index is 8.45. The molecule has 0 aromatic carbocycles. The number of aryl methyl sites for hydroxylation is 1. The highest BCUT2D eigenvalue weighted by molar-refractivity contribution is 6.29. The molecule has 1 rings (SSSR count). The molecule has 62 valence electrons. The largest absolute Gasteiger partial charge is 0.384 e. The van der Waals surface area contributed by atoms with Gasteiger partial charge in [0, 0.05) is 11.8 Å². The molecule has 0 bridgehead atoms. The summed E-state index contributed by atoms with van der Waals surface area (Å²) in [6.45, 7) is 1.76. The van der Waals surface area contributed by atoms with Crippen molar-refractivity contribution in [1.29, 1.82) is 0 Å². The monoisotopic (exact) mass is 181 g/mol. The van der Waals surface area contributed by atoms with Crippen molar-refractivity contribution in [2.75, 3.05) is 6.61 Å². The van der Waals surface area contributed by atoms with Gasteiger partial charge in [-0.3, -0.25) is 0 Å². The van der Waals surface area contributed by atoms with Crippen LogP contribution in [0.3, 0.4) is 0 Å². The van der Waals surface area contributed by atoms with E-state index < -0.39 is 0 Å². The van der Waals surface area contributed by atoms with Crippen molar-refractivity contribution in [3.63, 3.8) is 0 Å². The van der Waals surface area contributed by atoms with E-state index in [0.717, 1.165) is 11.1 Å². The van der Waals surface area contributed by atoms with Gasteiger partial charge >= 0.3 is 0 Å². The number of rotatable bonds is 0. The van der Waals surface area contributed by atoms with Crippen LogP contribution < -0.4 is 0 Å². The number of aliphatic hydroxyl groups excluding tert-OH is 1. The quantitative estimate of drug-likeness (QED) is 0.485. The van der Waals surface area contributed by atoms with Gasteiger partial charge in [-0.05, 0) is 18.6 Å². The highest BCUT2D eigenvalue weighted by atomic mass is 35.5. The molecule has 0 fully saturated rings. The Morgan fingerprint density at radius 1 is 1.67 bits per heavy atom. The Balaban J connectivity index is 3.01. The molecule has 1 heterocycles. The molecule has 2 nitrogen and oxygen atoms in total. The summed E-state index contributed by atoms with van der Waals surface area (Å²) in [5, 5.41) is 8.91. The van der Waals surface area contributed by atoms with Crippen molar-refractivity contribution < 1.29 is 5.11 Å². The minimum absolute atomic E-state index is 0.137. The molecule has 0 aliphatic heterocycles. The van der Waals surface area contributed by atoms with Gasteiger partial charge in [0.25, 0.3) is 0 Å². The Labute approximate surface area is 76.2 Å². The molecule has 0 spiro atoms. The van der Waals surface area contributed by atoms with E-state index in [1.54, 1.807) is 12.3 Å². The Hall–Kier alpha value is -1.04. The molecule has 0 unspecified atom stereocenters. The number of nitrogens with zero attached hydrogens (tertiary/aromatic N) is 1. The Kier molecular flexibility index (Phi) is 3.09. The summed E-state index contributed by atoms with van der Waals surface area (Å²) in [6.07, 6.45) is 1.60. The molecule has 0 amide bonds. The second-order valence-electron chi connectivity index (χ2n) is 2.28. The topological polar surface area (TPSA) is 33.1 Å². The van der Waals surface area contributed by atoms with Crippen molar-refractivity contribution in [2.24, 2.45) is 0 Å². The van der Waals surface area contributed by atoms with E-state index in [9.17, 15) is 0 Å². The molecular weight excluding hydrogens is 174 g/mol. The Morgan fingerprint density at radius 3 is 3.00 bits per heavy atom. The molecule has 12 heavy (non-hydrogen) atoms. The van der Waals surface area contributed by atoms with E-state index in [0.29, 0.717) is 5.15 Å². The van der Waals surface area contributed by atoms with Crippen molar-refractivity contribution in [3.05, 3.63) is 28.5 Å². The lowest BCUT2D eigenvalue weighted by Gasteiger charge is -1.96. The van der Waals surface area contributed by atoms with Gasteiger partial charge in [0.05, 0.1) is 0 Å². The van der Waals surface area contributed by atoms with Crippen molar-refractivity contribution in [3.8, 4) is 11.8 Å². The van der Waals surface area contributed by atoms with Crippen LogP contribution in [0, 0.1) is 18.8 Å². The average Bonchev–Trinajstić information content (AvgIpc) is 2.03. The first-order chi connectivity index (χ1) is 5.74. The number of aromatic nitrogens is 1. The third kappa shape index (κ3) is 2.23. The first-order valence-electron chi connectivity index (χ1n) is 3.46. The van der Waals surface area contributed by atoms with Gasteiger partial charge in [-0.1, -0.05) is 23.4 Å². The highest BCUT2D eigenvalue weighted by Gasteiger charge is 1.95. The van der Waals surface area contributed by atoms with Gasteiger partial charge in [-0.2, -0.15) is 0 Å². The SMILES string of the molecule is Cc1cc(Cl)ncc1C#CCO. The van der Waals surface area contributed by atoms with Crippen LogP contribution in [0.15, 0.2) is 12.3 Å². The summed E-state index contributed by atoms with van der Waals surface area (Å²) >= 11 is 5.64. The molecule has 0 aliphatic rings. The van der Waals surface area contributed by atoms with Gasteiger partial charge < -0.3 is 5.11 Å². The zero-order chi connectivity index (χ0) is 8.97. The smallest absolute Gasteiger partial charge is 0.129 e. The summed E-state index contributed by atoms with van der Waals surface area (Å²) in [6, 6.07) is 1.74. The van der Waals surface area contributed by atoms with Crippen molar-refractivity contribution in [1.82, 2.24) is 4.98 Å². The number of aliphatic hydroxyl groups is 1.